The van der Waals surface area contributed by atoms with E-state index in [0.717, 1.165) is 26.2 Å². The molecule has 0 amide bonds. The molecule has 0 atom stereocenters. The van der Waals surface area contributed by atoms with E-state index in [4.69, 9.17) is 4.74 Å². The van der Waals surface area contributed by atoms with Gasteiger partial charge in [0.1, 0.15) is 0 Å². The fourth-order valence-corrected chi connectivity index (χ4v) is 1.29. The van der Waals surface area contributed by atoms with Crippen LogP contribution >= 0.6 is 0 Å². The summed E-state index contributed by atoms with van der Waals surface area (Å²) in [5.41, 5.74) is 0.528. The predicted octanol–water partition coefficient (Wildman–Crippen LogP) is 3.61. The molecule has 1 N–H and O–H groups in total. The molecule has 0 rings (SSSR count). The van der Waals surface area contributed by atoms with E-state index in [1.807, 2.05) is 0 Å². The number of ether oxygens (including phenoxy) is 1. The SMILES string of the molecule is CCCCOCCC(C)(C)CNC(C)(C)C. The van der Waals surface area contributed by atoms with Gasteiger partial charge in [0.15, 0.2) is 0 Å². The molecule has 0 aromatic carbocycles. The Morgan fingerprint density at radius 1 is 1.00 bits per heavy atom. The minimum absolute atomic E-state index is 0.209. The summed E-state index contributed by atoms with van der Waals surface area (Å²) in [6.07, 6.45) is 3.52. The summed E-state index contributed by atoms with van der Waals surface area (Å²) in [5, 5.41) is 3.56. The summed E-state index contributed by atoms with van der Waals surface area (Å²) in [6.45, 7) is 16.3. The zero-order chi connectivity index (χ0) is 12.7. The van der Waals surface area contributed by atoms with Gasteiger partial charge in [-0.2, -0.15) is 0 Å². The second-order valence-corrected chi connectivity index (χ2v) is 6.48. The van der Waals surface area contributed by atoms with Crippen molar-refractivity contribution in [1.82, 2.24) is 5.32 Å². The van der Waals surface area contributed by atoms with Crippen molar-refractivity contribution in [2.24, 2.45) is 5.41 Å². The lowest BCUT2D eigenvalue weighted by molar-refractivity contribution is 0.0990. The Kier molecular flexibility index (Phi) is 7.25. The van der Waals surface area contributed by atoms with E-state index in [1.54, 1.807) is 0 Å². The average Bonchev–Trinajstić information content (AvgIpc) is 2.14. The van der Waals surface area contributed by atoms with Gasteiger partial charge in [0.05, 0.1) is 0 Å². The minimum atomic E-state index is 0.209. The van der Waals surface area contributed by atoms with Crippen LogP contribution in [-0.4, -0.2) is 25.3 Å². The summed E-state index contributed by atoms with van der Waals surface area (Å²) >= 11 is 0. The molecule has 0 saturated carbocycles. The normalized spacial score (nSPS) is 13.1. The predicted molar refractivity (Wildman–Crippen MR) is 71.9 cm³/mol. The molecule has 0 aromatic heterocycles. The maximum absolute atomic E-state index is 5.61. The number of nitrogens with one attached hydrogen (secondary N) is 1. The van der Waals surface area contributed by atoms with Gasteiger partial charge in [0.25, 0.3) is 0 Å². The molecule has 0 aromatic rings. The Morgan fingerprint density at radius 2 is 1.62 bits per heavy atom. The average molecular weight is 229 g/mol. The van der Waals surface area contributed by atoms with Crippen LogP contribution in [0.25, 0.3) is 0 Å². The first-order valence-electron chi connectivity index (χ1n) is 6.60. The highest BCUT2D eigenvalue weighted by atomic mass is 16.5. The maximum atomic E-state index is 5.61. The van der Waals surface area contributed by atoms with E-state index < -0.39 is 0 Å². The molecule has 0 aliphatic rings. The van der Waals surface area contributed by atoms with Gasteiger partial charge in [-0.1, -0.05) is 27.2 Å². The number of unbranched alkanes of at least 4 members (excludes halogenated alkanes) is 1. The lowest BCUT2D eigenvalue weighted by atomic mass is 9.88. The first-order valence-corrected chi connectivity index (χ1v) is 6.60. The van der Waals surface area contributed by atoms with Crippen molar-refractivity contribution in [2.45, 2.75) is 66.3 Å². The van der Waals surface area contributed by atoms with Crippen LogP contribution in [0.15, 0.2) is 0 Å². The molecular weight excluding hydrogens is 198 g/mol. The van der Waals surface area contributed by atoms with Gasteiger partial charge in [-0.15, -0.1) is 0 Å². The molecule has 0 unspecified atom stereocenters. The molecule has 0 bridgehead atoms. The second kappa shape index (κ2) is 7.29. The lowest BCUT2D eigenvalue weighted by Crippen LogP contribution is -2.42. The van der Waals surface area contributed by atoms with Crippen LogP contribution in [0.3, 0.4) is 0 Å². The zero-order valence-electron chi connectivity index (χ0n) is 12.2. The minimum Gasteiger partial charge on any atom is -0.381 e. The van der Waals surface area contributed by atoms with Crippen molar-refractivity contribution >= 4 is 0 Å². The van der Waals surface area contributed by atoms with Crippen LogP contribution in [0.5, 0.6) is 0 Å². The van der Waals surface area contributed by atoms with Gasteiger partial charge >= 0.3 is 0 Å². The summed E-state index contributed by atoms with van der Waals surface area (Å²) in [4.78, 5) is 0. The van der Waals surface area contributed by atoms with Crippen molar-refractivity contribution in [2.75, 3.05) is 19.8 Å². The van der Waals surface area contributed by atoms with Crippen molar-refractivity contribution < 1.29 is 4.74 Å². The Hall–Kier alpha value is -0.0800. The first-order chi connectivity index (χ1) is 7.27. The largest absolute Gasteiger partial charge is 0.381 e. The highest BCUT2D eigenvalue weighted by molar-refractivity contribution is 4.77. The smallest absolute Gasteiger partial charge is 0.0471 e. The highest BCUT2D eigenvalue weighted by Crippen LogP contribution is 2.20. The molecule has 0 spiro atoms. The molecule has 2 nitrogen and oxygen atoms in total. The third kappa shape index (κ3) is 10.4. The Morgan fingerprint density at radius 3 is 2.12 bits per heavy atom. The lowest BCUT2D eigenvalue weighted by Gasteiger charge is -2.30. The number of hydrogen-bond donors (Lipinski definition) is 1. The van der Waals surface area contributed by atoms with E-state index in [2.05, 4.69) is 46.9 Å². The second-order valence-electron chi connectivity index (χ2n) is 6.48. The van der Waals surface area contributed by atoms with E-state index in [0.29, 0.717) is 5.41 Å². The van der Waals surface area contributed by atoms with E-state index in [9.17, 15) is 0 Å². The third-order valence-electron chi connectivity index (χ3n) is 2.66. The molecule has 0 saturated heterocycles. The summed E-state index contributed by atoms with van der Waals surface area (Å²) in [7, 11) is 0. The standard InChI is InChI=1S/C14H31NO/c1-7-8-10-16-11-9-14(5,6)12-15-13(2,3)4/h15H,7-12H2,1-6H3. The van der Waals surface area contributed by atoms with Gasteiger partial charge in [0.2, 0.25) is 0 Å². The maximum Gasteiger partial charge on any atom is 0.0471 e. The Bertz CT molecular complexity index is 170. The topological polar surface area (TPSA) is 21.3 Å². The van der Waals surface area contributed by atoms with Crippen LogP contribution < -0.4 is 5.32 Å². The van der Waals surface area contributed by atoms with Crippen LogP contribution in [-0.2, 0) is 4.74 Å². The molecular formula is C14H31NO. The van der Waals surface area contributed by atoms with Crippen LogP contribution in [0, 0.1) is 5.41 Å². The third-order valence-corrected chi connectivity index (χ3v) is 2.66. The van der Waals surface area contributed by atoms with Crippen molar-refractivity contribution in [3.8, 4) is 0 Å². The van der Waals surface area contributed by atoms with Crippen molar-refractivity contribution in [3.05, 3.63) is 0 Å². The van der Waals surface area contributed by atoms with Gasteiger partial charge in [-0.25, -0.2) is 0 Å². The van der Waals surface area contributed by atoms with Crippen molar-refractivity contribution in [1.29, 1.82) is 0 Å². The van der Waals surface area contributed by atoms with E-state index >= 15 is 0 Å². The summed E-state index contributed by atoms with van der Waals surface area (Å²) in [6, 6.07) is 0. The molecule has 0 radical (unpaired) electrons. The molecule has 0 heterocycles. The molecule has 0 aliphatic heterocycles. The summed E-state index contributed by atoms with van der Waals surface area (Å²) in [5.74, 6) is 0. The van der Waals surface area contributed by atoms with Gasteiger partial charge < -0.3 is 10.1 Å². The van der Waals surface area contributed by atoms with Gasteiger partial charge in [-0.05, 0) is 39.0 Å². The quantitative estimate of drug-likeness (QED) is 0.642. The number of rotatable bonds is 8. The van der Waals surface area contributed by atoms with Crippen molar-refractivity contribution in [3.63, 3.8) is 0 Å². The molecule has 2 heteroatoms. The van der Waals surface area contributed by atoms with E-state index in [-0.39, 0.29) is 5.54 Å². The van der Waals surface area contributed by atoms with Gasteiger partial charge in [0, 0.05) is 25.3 Å². The Labute approximate surface area is 102 Å². The number of hydrogen-bond acceptors (Lipinski definition) is 2. The molecule has 16 heavy (non-hydrogen) atoms. The highest BCUT2D eigenvalue weighted by Gasteiger charge is 2.20. The van der Waals surface area contributed by atoms with Crippen LogP contribution in [0.2, 0.25) is 0 Å². The molecule has 0 fully saturated rings. The summed E-state index contributed by atoms with van der Waals surface area (Å²) < 4.78 is 5.61. The van der Waals surface area contributed by atoms with E-state index in [1.165, 1.54) is 12.8 Å². The van der Waals surface area contributed by atoms with Gasteiger partial charge in [-0.3, -0.25) is 0 Å². The van der Waals surface area contributed by atoms with Crippen LogP contribution in [0.1, 0.15) is 60.8 Å². The Balaban J connectivity index is 3.62. The zero-order valence-corrected chi connectivity index (χ0v) is 12.2. The molecule has 98 valence electrons. The first kappa shape index (κ1) is 15.9. The molecule has 0 aliphatic carbocycles. The monoisotopic (exact) mass is 229 g/mol. The fraction of sp³-hybridized carbons (Fsp3) is 1.00. The van der Waals surface area contributed by atoms with Crippen LogP contribution in [0.4, 0.5) is 0 Å². The fourth-order valence-electron chi connectivity index (χ4n) is 1.29.